The number of fused-ring (bicyclic) bond motifs is 2. The molecular formula is C21H15ClN4O2S. The lowest BCUT2D eigenvalue weighted by atomic mass is 10.2. The van der Waals surface area contributed by atoms with Crippen LogP contribution in [0.1, 0.15) is 5.82 Å². The first kappa shape index (κ1) is 18.1. The molecule has 2 aromatic carbocycles. The fourth-order valence-electron chi connectivity index (χ4n) is 3.38. The van der Waals surface area contributed by atoms with Gasteiger partial charge in [0.15, 0.2) is 0 Å². The normalized spacial score (nSPS) is 11.6. The van der Waals surface area contributed by atoms with Crippen LogP contribution in [0, 0.1) is 0 Å². The van der Waals surface area contributed by atoms with Crippen molar-refractivity contribution in [3.05, 3.63) is 76.1 Å². The number of thiophene rings is 1. The molecule has 144 valence electrons. The fraction of sp³-hybridized carbons (Fsp3) is 0.0952. The zero-order valence-corrected chi connectivity index (χ0v) is 16.9. The lowest BCUT2D eigenvalue weighted by Gasteiger charge is -2.05. The quantitative estimate of drug-likeness (QED) is 0.474. The van der Waals surface area contributed by atoms with Crippen molar-refractivity contribution in [1.29, 1.82) is 0 Å². The summed E-state index contributed by atoms with van der Waals surface area (Å²) in [5, 5.41) is 10.1. The largest absolute Gasteiger partial charge is 0.388 e. The number of aliphatic hydroxyl groups excluding tert-OH is 1. The Bertz CT molecular complexity index is 1430. The van der Waals surface area contributed by atoms with E-state index in [1.165, 1.54) is 15.9 Å². The van der Waals surface area contributed by atoms with Crippen molar-refractivity contribution in [1.82, 2.24) is 19.1 Å². The minimum Gasteiger partial charge on any atom is -0.388 e. The highest BCUT2D eigenvalue weighted by atomic mass is 35.5. The summed E-state index contributed by atoms with van der Waals surface area (Å²) >= 11 is 7.38. The van der Waals surface area contributed by atoms with Crippen LogP contribution in [0.15, 0.2) is 59.7 Å². The van der Waals surface area contributed by atoms with E-state index in [0.717, 1.165) is 16.0 Å². The molecule has 0 spiro atoms. The van der Waals surface area contributed by atoms with Gasteiger partial charge in [0, 0.05) is 16.9 Å². The third kappa shape index (κ3) is 2.95. The molecule has 0 saturated carbocycles. The summed E-state index contributed by atoms with van der Waals surface area (Å²) in [6.45, 7) is -0.142. The molecule has 1 N–H and O–H groups in total. The number of nitrogens with zero attached hydrogens (tertiary/aromatic N) is 4. The van der Waals surface area contributed by atoms with E-state index in [9.17, 15) is 9.90 Å². The van der Waals surface area contributed by atoms with E-state index >= 15 is 0 Å². The molecule has 0 saturated heterocycles. The molecule has 0 unspecified atom stereocenters. The maximum Gasteiger partial charge on any atom is 0.275 e. The number of aromatic nitrogens is 4. The van der Waals surface area contributed by atoms with Crippen LogP contribution in [0.25, 0.3) is 37.4 Å². The second-order valence-corrected chi connectivity index (χ2v) is 8.16. The molecule has 3 aromatic heterocycles. The van der Waals surface area contributed by atoms with Crippen LogP contribution in [0.3, 0.4) is 0 Å². The summed E-state index contributed by atoms with van der Waals surface area (Å²) in [4.78, 5) is 23.0. The average Bonchev–Trinajstić information content (AvgIpc) is 3.30. The van der Waals surface area contributed by atoms with E-state index in [1.807, 2.05) is 60.1 Å². The lowest BCUT2D eigenvalue weighted by molar-refractivity contribution is 0.268. The van der Waals surface area contributed by atoms with E-state index in [0.29, 0.717) is 32.3 Å². The Labute approximate surface area is 174 Å². The summed E-state index contributed by atoms with van der Waals surface area (Å²) in [5.41, 5.74) is 3.83. The van der Waals surface area contributed by atoms with Gasteiger partial charge in [-0.3, -0.25) is 9.36 Å². The molecule has 6 nitrogen and oxygen atoms in total. The first-order chi connectivity index (χ1) is 14.0. The van der Waals surface area contributed by atoms with E-state index in [-0.39, 0.29) is 12.2 Å². The summed E-state index contributed by atoms with van der Waals surface area (Å²) in [7, 11) is 1.85. The number of benzene rings is 2. The maximum atomic E-state index is 13.1. The summed E-state index contributed by atoms with van der Waals surface area (Å²) in [6, 6.07) is 15.0. The second kappa shape index (κ2) is 6.81. The maximum absolute atomic E-state index is 13.1. The first-order valence-corrected chi connectivity index (χ1v) is 10.1. The van der Waals surface area contributed by atoms with Crippen LogP contribution in [-0.2, 0) is 13.7 Å². The molecule has 5 aromatic rings. The van der Waals surface area contributed by atoms with Crippen LogP contribution >= 0.6 is 22.9 Å². The Kier molecular flexibility index (Phi) is 4.24. The number of halogens is 1. The summed E-state index contributed by atoms with van der Waals surface area (Å²) < 4.78 is 3.95. The van der Waals surface area contributed by atoms with Crippen LogP contribution in [0.5, 0.6) is 0 Å². The highest BCUT2D eigenvalue weighted by Gasteiger charge is 2.13. The third-order valence-electron chi connectivity index (χ3n) is 4.94. The zero-order chi connectivity index (χ0) is 20.1. The molecule has 0 aliphatic rings. The van der Waals surface area contributed by atoms with Crippen molar-refractivity contribution < 1.29 is 5.11 Å². The third-order valence-corrected chi connectivity index (χ3v) is 6.36. The number of aryl methyl sites for hydroxylation is 1. The molecule has 29 heavy (non-hydrogen) atoms. The van der Waals surface area contributed by atoms with E-state index < -0.39 is 0 Å². The molecule has 8 heteroatoms. The second-order valence-electron chi connectivity index (χ2n) is 6.67. The van der Waals surface area contributed by atoms with Crippen LogP contribution in [0.2, 0.25) is 5.02 Å². The number of imidazole rings is 1. The van der Waals surface area contributed by atoms with Gasteiger partial charge < -0.3 is 9.67 Å². The predicted molar refractivity (Wildman–Crippen MR) is 116 cm³/mol. The highest BCUT2D eigenvalue weighted by Crippen LogP contribution is 2.31. The molecular weight excluding hydrogens is 408 g/mol. The Morgan fingerprint density at radius 3 is 2.66 bits per heavy atom. The fourth-order valence-corrected chi connectivity index (χ4v) is 4.55. The molecule has 0 bridgehead atoms. The summed E-state index contributed by atoms with van der Waals surface area (Å²) in [6.07, 6.45) is 1.54. The average molecular weight is 423 g/mol. The minimum absolute atomic E-state index is 0.127. The van der Waals surface area contributed by atoms with E-state index in [2.05, 4.69) is 9.97 Å². The minimum atomic E-state index is -0.142. The van der Waals surface area contributed by atoms with Gasteiger partial charge in [-0.05, 0) is 42.0 Å². The van der Waals surface area contributed by atoms with E-state index in [4.69, 9.17) is 11.6 Å². The molecule has 0 aliphatic carbocycles. The number of rotatable bonds is 3. The van der Waals surface area contributed by atoms with Gasteiger partial charge in [0.1, 0.15) is 23.5 Å². The predicted octanol–water partition coefficient (Wildman–Crippen LogP) is 4.15. The molecule has 0 atom stereocenters. The molecule has 0 radical (unpaired) electrons. The van der Waals surface area contributed by atoms with Crippen molar-refractivity contribution in [2.45, 2.75) is 6.61 Å². The lowest BCUT2D eigenvalue weighted by Crippen LogP contribution is -2.17. The first-order valence-electron chi connectivity index (χ1n) is 8.89. The van der Waals surface area contributed by atoms with Gasteiger partial charge in [-0.1, -0.05) is 23.7 Å². The van der Waals surface area contributed by atoms with Crippen molar-refractivity contribution in [2.24, 2.45) is 7.05 Å². The molecule has 0 fully saturated rings. The number of hydrogen-bond donors (Lipinski definition) is 1. The smallest absolute Gasteiger partial charge is 0.275 e. The van der Waals surface area contributed by atoms with Crippen molar-refractivity contribution in [2.75, 3.05) is 0 Å². The van der Waals surface area contributed by atoms with Crippen molar-refractivity contribution >= 4 is 44.2 Å². The Hall–Kier alpha value is -3.00. The molecule has 0 amide bonds. The number of hydrogen-bond acceptors (Lipinski definition) is 5. The van der Waals surface area contributed by atoms with Crippen LogP contribution in [-0.4, -0.2) is 24.2 Å². The van der Waals surface area contributed by atoms with Gasteiger partial charge in [-0.2, -0.15) is 0 Å². The van der Waals surface area contributed by atoms with Crippen molar-refractivity contribution in [3.8, 4) is 16.1 Å². The zero-order valence-electron chi connectivity index (χ0n) is 15.3. The Balaban J connectivity index is 1.64. The van der Waals surface area contributed by atoms with Crippen molar-refractivity contribution in [3.63, 3.8) is 0 Å². The highest BCUT2D eigenvalue weighted by molar-refractivity contribution is 7.22. The molecule has 0 aliphatic heterocycles. The van der Waals surface area contributed by atoms with Gasteiger partial charge in [0.2, 0.25) is 0 Å². The molecule has 5 rings (SSSR count). The standard InChI is InChI=1S/C21H15ClN4O2S/c1-25-17-7-6-14(8-15(17)24-19(25)10-27)26-11-23-16-9-18(29-20(16)21(26)28)12-2-4-13(22)5-3-12/h2-9,11,27H,10H2,1H3. The SMILES string of the molecule is Cn1c(CO)nc2cc(-n3cnc4cc(-c5ccc(Cl)cc5)sc4c3=O)ccc21. The monoisotopic (exact) mass is 422 g/mol. The summed E-state index contributed by atoms with van der Waals surface area (Å²) in [5.74, 6) is 0.573. The van der Waals surface area contributed by atoms with Crippen LogP contribution < -0.4 is 5.56 Å². The van der Waals surface area contributed by atoms with Gasteiger partial charge in [-0.15, -0.1) is 11.3 Å². The molecule has 3 heterocycles. The topological polar surface area (TPSA) is 72.9 Å². The Morgan fingerprint density at radius 2 is 1.90 bits per heavy atom. The van der Waals surface area contributed by atoms with E-state index in [1.54, 1.807) is 6.33 Å². The van der Waals surface area contributed by atoms with Gasteiger partial charge in [-0.25, -0.2) is 9.97 Å². The number of aliphatic hydroxyl groups is 1. The van der Waals surface area contributed by atoms with Gasteiger partial charge in [0.25, 0.3) is 5.56 Å². The van der Waals surface area contributed by atoms with Crippen LogP contribution in [0.4, 0.5) is 0 Å². The Morgan fingerprint density at radius 1 is 1.10 bits per heavy atom. The van der Waals surface area contributed by atoms with Gasteiger partial charge >= 0.3 is 0 Å². The van der Waals surface area contributed by atoms with Gasteiger partial charge in [0.05, 0.1) is 22.2 Å².